The molecule has 0 heterocycles. The van der Waals surface area contributed by atoms with Gasteiger partial charge in [0.25, 0.3) is 0 Å². The van der Waals surface area contributed by atoms with Gasteiger partial charge in [-0.1, -0.05) is 36.4 Å². The SMILES string of the molecule is CN(C)C(=O)C(=O)Nc1cccc(OCc2ccccc2)c1. The molecule has 0 saturated heterocycles. The van der Waals surface area contributed by atoms with Crippen LogP contribution >= 0.6 is 0 Å². The molecule has 0 radical (unpaired) electrons. The minimum absolute atomic E-state index is 0.439. The first-order valence-electron chi connectivity index (χ1n) is 6.85. The summed E-state index contributed by atoms with van der Waals surface area (Å²) in [5.41, 5.74) is 1.57. The smallest absolute Gasteiger partial charge is 0.313 e. The number of rotatable bonds is 4. The van der Waals surface area contributed by atoms with Crippen molar-refractivity contribution in [2.75, 3.05) is 19.4 Å². The fourth-order valence-electron chi connectivity index (χ4n) is 1.79. The molecule has 0 fully saturated rings. The lowest BCUT2D eigenvalue weighted by Gasteiger charge is -2.11. The molecule has 2 aromatic rings. The van der Waals surface area contributed by atoms with E-state index in [0.717, 1.165) is 5.56 Å². The molecule has 0 aliphatic carbocycles. The van der Waals surface area contributed by atoms with Crippen LogP contribution in [-0.2, 0) is 16.2 Å². The Labute approximate surface area is 129 Å². The van der Waals surface area contributed by atoms with Crippen LogP contribution in [0.2, 0.25) is 0 Å². The molecule has 0 aliphatic heterocycles. The van der Waals surface area contributed by atoms with Gasteiger partial charge in [0.2, 0.25) is 0 Å². The summed E-state index contributed by atoms with van der Waals surface area (Å²) in [5, 5.41) is 2.55. The lowest BCUT2D eigenvalue weighted by atomic mass is 10.2. The second-order valence-electron chi connectivity index (χ2n) is 4.96. The number of hydrogen-bond acceptors (Lipinski definition) is 3. The van der Waals surface area contributed by atoms with Crippen molar-refractivity contribution in [3.05, 3.63) is 60.2 Å². The molecular weight excluding hydrogens is 280 g/mol. The van der Waals surface area contributed by atoms with Gasteiger partial charge in [-0.25, -0.2) is 0 Å². The van der Waals surface area contributed by atoms with Gasteiger partial charge in [-0.3, -0.25) is 9.59 Å². The molecule has 0 spiro atoms. The van der Waals surface area contributed by atoms with E-state index in [1.54, 1.807) is 24.3 Å². The second-order valence-corrected chi connectivity index (χ2v) is 4.96. The first kappa shape index (κ1) is 15.6. The van der Waals surface area contributed by atoms with Gasteiger partial charge >= 0.3 is 11.8 Å². The molecule has 2 amide bonds. The van der Waals surface area contributed by atoms with Crippen molar-refractivity contribution in [3.63, 3.8) is 0 Å². The lowest BCUT2D eigenvalue weighted by Crippen LogP contribution is -2.34. The Morgan fingerprint density at radius 3 is 2.45 bits per heavy atom. The number of carbonyl (C=O) groups is 2. The van der Waals surface area contributed by atoms with Crippen LogP contribution in [0.25, 0.3) is 0 Å². The van der Waals surface area contributed by atoms with Crippen molar-refractivity contribution in [2.24, 2.45) is 0 Å². The number of ether oxygens (including phenoxy) is 1. The molecule has 114 valence electrons. The van der Waals surface area contributed by atoms with Gasteiger partial charge in [0.05, 0.1) is 0 Å². The summed E-state index contributed by atoms with van der Waals surface area (Å²) in [6.45, 7) is 0.439. The highest BCUT2D eigenvalue weighted by Gasteiger charge is 2.15. The Hall–Kier alpha value is -2.82. The molecule has 22 heavy (non-hydrogen) atoms. The number of amides is 2. The zero-order chi connectivity index (χ0) is 15.9. The average molecular weight is 298 g/mol. The van der Waals surface area contributed by atoms with Crippen LogP contribution in [0, 0.1) is 0 Å². The number of carbonyl (C=O) groups excluding carboxylic acids is 2. The van der Waals surface area contributed by atoms with Gasteiger partial charge in [0, 0.05) is 25.8 Å². The number of nitrogens with zero attached hydrogens (tertiary/aromatic N) is 1. The summed E-state index contributed by atoms with van der Waals surface area (Å²) in [6, 6.07) is 16.7. The number of likely N-dealkylation sites (N-methyl/N-ethyl adjacent to an activating group) is 1. The van der Waals surface area contributed by atoms with Crippen LogP contribution in [0.15, 0.2) is 54.6 Å². The zero-order valence-electron chi connectivity index (χ0n) is 12.6. The third-order valence-corrected chi connectivity index (χ3v) is 2.94. The maximum absolute atomic E-state index is 11.7. The van der Waals surface area contributed by atoms with Crippen LogP contribution in [0.5, 0.6) is 5.75 Å². The van der Waals surface area contributed by atoms with Gasteiger partial charge in [-0.05, 0) is 17.7 Å². The Balaban J connectivity index is 1.98. The van der Waals surface area contributed by atoms with Crippen molar-refractivity contribution in [1.29, 1.82) is 0 Å². The van der Waals surface area contributed by atoms with E-state index in [9.17, 15) is 9.59 Å². The van der Waals surface area contributed by atoms with Crippen molar-refractivity contribution in [3.8, 4) is 5.75 Å². The van der Waals surface area contributed by atoms with E-state index in [1.807, 2.05) is 30.3 Å². The van der Waals surface area contributed by atoms with Gasteiger partial charge in [0.15, 0.2) is 0 Å². The topological polar surface area (TPSA) is 58.6 Å². The predicted molar refractivity (Wildman–Crippen MR) is 84.5 cm³/mol. The van der Waals surface area contributed by atoms with Crippen LogP contribution in [0.1, 0.15) is 5.56 Å². The highest BCUT2D eigenvalue weighted by atomic mass is 16.5. The molecule has 0 aliphatic rings. The molecule has 5 heteroatoms. The Bertz CT molecular complexity index is 654. The van der Waals surface area contributed by atoms with Crippen LogP contribution in [0.4, 0.5) is 5.69 Å². The lowest BCUT2D eigenvalue weighted by molar-refractivity contribution is -0.141. The summed E-state index contributed by atoms with van der Waals surface area (Å²) in [5.74, 6) is -0.653. The van der Waals surface area contributed by atoms with Crippen LogP contribution in [-0.4, -0.2) is 30.8 Å². The minimum atomic E-state index is -0.676. The molecule has 0 atom stereocenters. The van der Waals surface area contributed by atoms with E-state index < -0.39 is 11.8 Å². The molecule has 0 unspecified atom stereocenters. The Morgan fingerprint density at radius 2 is 1.77 bits per heavy atom. The largest absolute Gasteiger partial charge is 0.489 e. The molecule has 2 aromatic carbocycles. The Morgan fingerprint density at radius 1 is 1.05 bits per heavy atom. The second kappa shape index (κ2) is 7.26. The third kappa shape index (κ3) is 4.34. The minimum Gasteiger partial charge on any atom is -0.489 e. The van der Waals surface area contributed by atoms with Crippen LogP contribution < -0.4 is 10.1 Å². The first-order valence-corrected chi connectivity index (χ1v) is 6.85. The van der Waals surface area contributed by atoms with Gasteiger partial charge in [-0.15, -0.1) is 0 Å². The monoisotopic (exact) mass is 298 g/mol. The van der Waals surface area contributed by atoms with E-state index in [-0.39, 0.29) is 0 Å². The number of hydrogen-bond donors (Lipinski definition) is 1. The highest BCUT2D eigenvalue weighted by molar-refractivity contribution is 6.39. The summed E-state index contributed by atoms with van der Waals surface area (Å²) >= 11 is 0. The van der Waals surface area contributed by atoms with E-state index in [4.69, 9.17) is 4.74 Å². The van der Waals surface area contributed by atoms with Gasteiger partial charge in [0.1, 0.15) is 12.4 Å². The fourth-order valence-corrected chi connectivity index (χ4v) is 1.79. The summed E-state index contributed by atoms with van der Waals surface area (Å²) in [6.07, 6.45) is 0. The molecule has 2 rings (SSSR count). The number of anilines is 1. The molecular formula is C17H18N2O3. The normalized spacial score (nSPS) is 9.91. The van der Waals surface area contributed by atoms with Crippen molar-refractivity contribution in [1.82, 2.24) is 4.90 Å². The summed E-state index contributed by atoms with van der Waals surface area (Å²) in [7, 11) is 3.06. The molecule has 1 N–H and O–H groups in total. The molecule has 5 nitrogen and oxygen atoms in total. The number of benzene rings is 2. The molecule has 0 aromatic heterocycles. The molecule has 0 bridgehead atoms. The summed E-state index contributed by atoms with van der Waals surface area (Å²) in [4.78, 5) is 24.5. The highest BCUT2D eigenvalue weighted by Crippen LogP contribution is 2.18. The quantitative estimate of drug-likeness (QED) is 0.881. The Kier molecular flexibility index (Phi) is 5.14. The predicted octanol–water partition coefficient (Wildman–Crippen LogP) is 2.29. The van der Waals surface area contributed by atoms with Crippen LogP contribution in [0.3, 0.4) is 0 Å². The van der Waals surface area contributed by atoms with E-state index >= 15 is 0 Å². The average Bonchev–Trinajstić information content (AvgIpc) is 2.53. The molecule has 0 saturated carbocycles. The number of nitrogens with one attached hydrogen (secondary N) is 1. The van der Waals surface area contributed by atoms with E-state index in [0.29, 0.717) is 18.0 Å². The van der Waals surface area contributed by atoms with E-state index in [1.165, 1.54) is 19.0 Å². The van der Waals surface area contributed by atoms with Gasteiger partial charge in [-0.2, -0.15) is 0 Å². The van der Waals surface area contributed by atoms with Crippen molar-refractivity contribution in [2.45, 2.75) is 6.61 Å². The maximum atomic E-state index is 11.7. The summed E-state index contributed by atoms with van der Waals surface area (Å²) < 4.78 is 5.68. The fraction of sp³-hybridized carbons (Fsp3) is 0.176. The van der Waals surface area contributed by atoms with Gasteiger partial charge < -0.3 is 15.0 Å². The third-order valence-electron chi connectivity index (χ3n) is 2.94. The first-order chi connectivity index (χ1) is 10.6. The maximum Gasteiger partial charge on any atom is 0.313 e. The zero-order valence-corrected chi connectivity index (χ0v) is 12.6. The van der Waals surface area contributed by atoms with E-state index in [2.05, 4.69) is 5.32 Å². The standard InChI is InChI=1S/C17H18N2O3/c1-19(2)17(21)16(20)18-14-9-6-10-15(11-14)22-12-13-7-4-3-5-8-13/h3-11H,12H2,1-2H3,(H,18,20). The van der Waals surface area contributed by atoms with Crippen molar-refractivity contribution < 1.29 is 14.3 Å². The van der Waals surface area contributed by atoms with Crippen molar-refractivity contribution >= 4 is 17.5 Å².